The molecule has 0 heterocycles. The third-order valence-electron chi connectivity index (χ3n) is 4.51. The highest BCUT2D eigenvalue weighted by Gasteiger charge is 2.26. The maximum Gasteiger partial charge on any atom is 0.242 e. The maximum atomic E-state index is 13.1. The van der Waals surface area contributed by atoms with Crippen molar-refractivity contribution in [1.29, 1.82) is 0 Å². The van der Waals surface area contributed by atoms with Crippen molar-refractivity contribution in [2.24, 2.45) is 0 Å². The van der Waals surface area contributed by atoms with E-state index in [0.717, 1.165) is 22.3 Å². The van der Waals surface area contributed by atoms with Crippen LogP contribution in [0.3, 0.4) is 0 Å². The molecule has 4 nitrogen and oxygen atoms in total. The van der Waals surface area contributed by atoms with Gasteiger partial charge in [-0.25, -0.2) is 0 Å². The van der Waals surface area contributed by atoms with Crippen LogP contribution in [0.2, 0.25) is 10.0 Å². The van der Waals surface area contributed by atoms with Gasteiger partial charge in [0.05, 0.1) is 6.42 Å². The predicted molar refractivity (Wildman–Crippen MR) is 115 cm³/mol. The van der Waals surface area contributed by atoms with Gasteiger partial charge in [-0.15, -0.1) is 0 Å². The Morgan fingerprint density at radius 3 is 2.29 bits per heavy atom. The fourth-order valence-corrected chi connectivity index (χ4v) is 3.65. The molecule has 1 unspecified atom stereocenters. The predicted octanol–water partition coefficient (Wildman–Crippen LogP) is 4.71. The van der Waals surface area contributed by atoms with E-state index in [1.807, 2.05) is 32.9 Å². The summed E-state index contributed by atoms with van der Waals surface area (Å²) in [5, 5.41) is 3.78. The van der Waals surface area contributed by atoms with Crippen molar-refractivity contribution in [1.82, 2.24) is 10.2 Å². The average Bonchev–Trinajstić information content (AvgIpc) is 2.59. The van der Waals surface area contributed by atoms with Gasteiger partial charge < -0.3 is 10.2 Å². The normalized spacial score (nSPS) is 11.8. The Morgan fingerprint density at radius 2 is 1.71 bits per heavy atom. The number of carbonyl (C=O) groups is 2. The van der Waals surface area contributed by atoms with Crippen LogP contribution in [-0.2, 0) is 22.6 Å². The number of aryl methyl sites for hydroxylation is 2. The Morgan fingerprint density at radius 1 is 1.07 bits per heavy atom. The van der Waals surface area contributed by atoms with Crippen LogP contribution in [0.5, 0.6) is 0 Å². The summed E-state index contributed by atoms with van der Waals surface area (Å²) in [6, 6.07) is 10.6. The minimum absolute atomic E-state index is 0.130. The summed E-state index contributed by atoms with van der Waals surface area (Å²) in [7, 11) is 0. The van der Waals surface area contributed by atoms with Gasteiger partial charge in [0.25, 0.3) is 0 Å². The molecule has 2 rings (SSSR count). The summed E-state index contributed by atoms with van der Waals surface area (Å²) in [6.07, 6.45) is 0.220. The second-order valence-corrected chi connectivity index (χ2v) is 7.84. The first-order valence-electron chi connectivity index (χ1n) is 9.29. The number of rotatable bonds is 7. The molecule has 0 aromatic heterocycles. The number of likely N-dealkylation sites (N-methyl/N-ethyl adjacent to an activating group) is 1. The van der Waals surface area contributed by atoms with E-state index in [2.05, 4.69) is 11.4 Å². The van der Waals surface area contributed by atoms with Gasteiger partial charge in [0.1, 0.15) is 6.04 Å². The Bertz CT molecular complexity index is 847. The van der Waals surface area contributed by atoms with Gasteiger partial charge in [-0.05, 0) is 51.0 Å². The summed E-state index contributed by atoms with van der Waals surface area (Å²) in [6.45, 7) is 8.32. The minimum atomic E-state index is -0.620. The molecule has 0 radical (unpaired) electrons. The molecule has 1 N–H and O–H groups in total. The highest BCUT2D eigenvalue weighted by molar-refractivity contribution is 6.35. The lowest BCUT2D eigenvalue weighted by Crippen LogP contribution is -2.48. The zero-order valence-corrected chi connectivity index (χ0v) is 18.2. The molecule has 2 amide bonds. The summed E-state index contributed by atoms with van der Waals surface area (Å²) in [5.41, 5.74) is 3.88. The highest BCUT2D eigenvalue weighted by Crippen LogP contribution is 2.23. The van der Waals surface area contributed by atoms with Gasteiger partial charge in [0.15, 0.2) is 0 Å². The summed E-state index contributed by atoms with van der Waals surface area (Å²) in [4.78, 5) is 27.1. The molecule has 0 bridgehead atoms. The molecule has 2 aromatic rings. The van der Waals surface area contributed by atoms with Crippen molar-refractivity contribution < 1.29 is 9.59 Å². The fraction of sp³-hybridized carbons (Fsp3) is 0.364. The third kappa shape index (κ3) is 5.98. The van der Waals surface area contributed by atoms with Crippen LogP contribution in [0.15, 0.2) is 36.4 Å². The monoisotopic (exact) mass is 420 g/mol. The van der Waals surface area contributed by atoms with Crippen molar-refractivity contribution in [2.75, 3.05) is 6.54 Å². The molecule has 2 aromatic carbocycles. The van der Waals surface area contributed by atoms with Crippen molar-refractivity contribution in [2.45, 2.75) is 46.7 Å². The van der Waals surface area contributed by atoms with Gasteiger partial charge in [0, 0.05) is 23.1 Å². The van der Waals surface area contributed by atoms with Crippen molar-refractivity contribution in [3.63, 3.8) is 0 Å². The minimum Gasteiger partial charge on any atom is -0.355 e. The molecule has 0 aliphatic carbocycles. The van der Waals surface area contributed by atoms with Crippen molar-refractivity contribution in [3.05, 3.63) is 68.7 Å². The number of halogens is 2. The molecule has 0 saturated carbocycles. The van der Waals surface area contributed by atoms with E-state index < -0.39 is 6.04 Å². The number of hydrogen-bond donors (Lipinski definition) is 1. The van der Waals surface area contributed by atoms with Crippen LogP contribution in [0, 0.1) is 13.8 Å². The molecule has 0 aliphatic heterocycles. The number of amides is 2. The van der Waals surface area contributed by atoms with Gasteiger partial charge >= 0.3 is 0 Å². The molecule has 150 valence electrons. The number of nitrogens with zero attached hydrogens (tertiary/aromatic N) is 1. The molecule has 1 atom stereocenters. The van der Waals surface area contributed by atoms with Crippen LogP contribution in [-0.4, -0.2) is 29.3 Å². The van der Waals surface area contributed by atoms with E-state index in [1.54, 1.807) is 30.0 Å². The molecule has 0 saturated heterocycles. The Kier molecular flexibility index (Phi) is 7.90. The first-order chi connectivity index (χ1) is 13.2. The molecule has 0 spiro atoms. The summed E-state index contributed by atoms with van der Waals surface area (Å²) < 4.78 is 0. The van der Waals surface area contributed by atoms with Gasteiger partial charge in [0.2, 0.25) is 11.8 Å². The lowest BCUT2D eigenvalue weighted by molar-refractivity contribution is -0.140. The first kappa shape index (κ1) is 22.3. The lowest BCUT2D eigenvalue weighted by atomic mass is 10.0. The number of carbonyl (C=O) groups excluding carboxylic acids is 2. The standard InChI is InChI=1S/C22H26Cl2N2O2/c1-5-25-22(28)16(4)26(13-18-6-7-19(23)12-20(18)24)21(27)11-17-9-14(2)8-15(3)10-17/h6-10,12,16H,5,11,13H2,1-4H3,(H,25,28). The van der Waals surface area contributed by atoms with Crippen LogP contribution in [0.25, 0.3) is 0 Å². The van der Waals surface area contributed by atoms with E-state index >= 15 is 0 Å². The van der Waals surface area contributed by atoms with Crippen LogP contribution < -0.4 is 5.32 Å². The summed E-state index contributed by atoms with van der Waals surface area (Å²) >= 11 is 12.3. The van der Waals surface area contributed by atoms with E-state index in [-0.39, 0.29) is 24.8 Å². The van der Waals surface area contributed by atoms with Crippen LogP contribution in [0.4, 0.5) is 0 Å². The van der Waals surface area contributed by atoms with Crippen LogP contribution in [0.1, 0.15) is 36.1 Å². The zero-order chi connectivity index (χ0) is 20.8. The molecule has 0 aliphatic rings. The zero-order valence-electron chi connectivity index (χ0n) is 16.7. The van der Waals surface area contributed by atoms with E-state index in [1.165, 1.54) is 0 Å². The third-order valence-corrected chi connectivity index (χ3v) is 5.10. The van der Waals surface area contributed by atoms with Gasteiger partial charge in [-0.3, -0.25) is 9.59 Å². The Hall–Kier alpha value is -2.04. The van der Waals surface area contributed by atoms with Crippen molar-refractivity contribution >= 4 is 35.0 Å². The molecular weight excluding hydrogens is 395 g/mol. The van der Waals surface area contributed by atoms with E-state index in [4.69, 9.17) is 23.2 Å². The number of benzene rings is 2. The lowest BCUT2D eigenvalue weighted by Gasteiger charge is -2.29. The van der Waals surface area contributed by atoms with Crippen LogP contribution >= 0.6 is 23.2 Å². The molecule has 6 heteroatoms. The second kappa shape index (κ2) is 9.94. The van der Waals surface area contributed by atoms with E-state index in [9.17, 15) is 9.59 Å². The average molecular weight is 421 g/mol. The molecule has 0 fully saturated rings. The Labute approximate surface area is 176 Å². The maximum absolute atomic E-state index is 13.1. The largest absolute Gasteiger partial charge is 0.355 e. The van der Waals surface area contributed by atoms with Crippen molar-refractivity contribution in [3.8, 4) is 0 Å². The van der Waals surface area contributed by atoms with E-state index in [0.29, 0.717) is 16.6 Å². The Balaban J connectivity index is 2.30. The molecule has 28 heavy (non-hydrogen) atoms. The topological polar surface area (TPSA) is 49.4 Å². The highest BCUT2D eigenvalue weighted by atomic mass is 35.5. The SMILES string of the molecule is CCNC(=O)C(C)N(Cc1ccc(Cl)cc1Cl)C(=O)Cc1cc(C)cc(C)c1. The quantitative estimate of drug-likeness (QED) is 0.704. The second-order valence-electron chi connectivity index (χ2n) is 7.00. The van der Waals surface area contributed by atoms with Gasteiger partial charge in [-0.1, -0.05) is 58.6 Å². The fourth-order valence-electron chi connectivity index (χ4n) is 3.19. The van der Waals surface area contributed by atoms with Gasteiger partial charge in [-0.2, -0.15) is 0 Å². The first-order valence-corrected chi connectivity index (χ1v) is 10.0. The smallest absolute Gasteiger partial charge is 0.242 e. The number of hydrogen-bond acceptors (Lipinski definition) is 2. The molecular formula is C22H26Cl2N2O2. The summed E-state index contributed by atoms with van der Waals surface area (Å²) in [5.74, 6) is -0.323. The number of nitrogens with one attached hydrogen (secondary N) is 1.